The number of rotatable bonds is 5. The van der Waals surface area contributed by atoms with E-state index in [1.165, 1.54) is 0 Å². The first-order chi connectivity index (χ1) is 13.5. The van der Waals surface area contributed by atoms with E-state index in [-0.39, 0.29) is 10.2 Å². The third kappa shape index (κ3) is 4.68. The molecular formula is C21H18N2O3S2. The van der Waals surface area contributed by atoms with Crippen LogP contribution in [0.15, 0.2) is 71.2 Å². The molecule has 28 heavy (non-hydrogen) atoms. The lowest BCUT2D eigenvalue weighted by molar-refractivity contribution is -0.123. The van der Waals surface area contributed by atoms with Crippen molar-refractivity contribution >= 4 is 46.2 Å². The van der Waals surface area contributed by atoms with Gasteiger partial charge in [-0.2, -0.15) is 5.01 Å². The van der Waals surface area contributed by atoms with Gasteiger partial charge in [-0.05, 0) is 60.6 Å². The fourth-order valence-corrected chi connectivity index (χ4v) is 3.76. The quantitative estimate of drug-likeness (QED) is 0.592. The Morgan fingerprint density at radius 1 is 1.14 bits per heavy atom. The molecule has 1 aliphatic rings. The molecule has 0 spiro atoms. The van der Waals surface area contributed by atoms with Crippen LogP contribution in [-0.2, 0) is 4.79 Å². The van der Waals surface area contributed by atoms with E-state index >= 15 is 0 Å². The predicted molar refractivity (Wildman–Crippen MR) is 116 cm³/mol. The Labute approximate surface area is 173 Å². The third-order valence-corrected chi connectivity index (χ3v) is 5.21. The number of carbonyl (C=O) groups excluding carboxylic acids is 2. The summed E-state index contributed by atoms with van der Waals surface area (Å²) in [5, 5.41) is 1.11. The van der Waals surface area contributed by atoms with Crippen LogP contribution >= 0.6 is 24.0 Å². The van der Waals surface area contributed by atoms with Gasteiger partial charge in [-0.25, -0.2) is 0 Å². The van der Waals surface area contributed by atoms with Gasteiger partial charge in [0.1, 0.15) is 5.75 Å². The molecule has 1 heterocycles. The van der Waals surface area contributed by atoms with Crippen LogP contribution in [0.1, 0.15) is 22.8 Å². The maximum atomic E-state index is 12.7. The summed E-state index contributed by atoms with van der Waals surface area (Å²) in [5.74, 6) is -0.125. The predicted octanol–water partition coefficient (Wildman–Crippen LogP) is 4.19. The highest BCUT2D eigenvalue weighted by Crippen LogP contribution is 2.31. The van der Waals surface area contributed by atoms with E-state index in [1.54, 1.807) is 37.5 Å². The van der Waals surface area contributed by atoms with Crippen molar-refractivity contribution in [2.45, 2.75) is 6.92 Å². The first-order valence-corrected chi connectivity index (χ1v) is 9.67. The van der Waals surface area contributed by atoms with E-state index in [2.05, 4.69) is 5.43 Å². The summed E-state index contributed by atoms with van der Waals surface area (Å²) in [6.45, 7) is 1.91. The Kier molecular flexibility index (Phi) is 6.28. The third-order valence-electron chi connectivity index (χ3n) is 3.91. The van der Waals surface area contributed by atoms with Gasteiger partial charge < -0.3 is 4.74 Å². The van der Waals surface area contributed by atoms with Crippen LogP contribution in [0.25, 0.3) is 6.08 Å². The molecule has 0 radical (unpaired) electrons. The lowest BCUT2D eigenvalue weighted by Crippen LogP contribution is -2.44. The Bertz CT molecular complexity index is 967. The minimum atomic E-state index is -0.420. The minimum Gasteiger partial charge on any atom is -0.497 e. The molecule has 7 heteroatoms. The zero-order valence-corrected chi connectivity index (χ0v) is 17.0. The van der Waals surface area contributed by atoms with Gasteiger partial charge in [0.15, 0.2) is 4.32 Å². The number of hydrogen-bond donors (Lipinski definition) is 1. The first-order valence-electron chi connectivity index (χ1n) is 8.44. The highest BCUT2D eigenvalue weighted by atomic mass is 32.2. The van der Waals surface area contributed by atoms with Crippen molar-refractivity contribution in [2.24, 2.45) is 0 Å². The summed E-state index contributed by atoms with van der Waals surface area (Å²) in [7, 11) is 1.55. The summed E-state index contributed by atoms with van der Waals surface area (Å²) in [6, 6.07) is 16.4. The summed E-state index contributed by atoms with van der Waals surface area (Å²) < 4.78 is 5.36. The number of thiocarbonyl (C=S) groups is 1. The number of amides is 2. The van der Waals surface area contributed by atoms with Crippen molar-refractivity contribution in [3.63, 3.8) is 0 Å². The topological polar surface area (TPSA) is 58.6 Å². The summed E-state index contributed by atoms with van der Waals surface area (Å²) in [5.41, 5.74) is 4.92. The molecule has 1 N–H and O–H groups in total. The molecule has 3 rings (SSSR count). The van der Waals surface area contributed by atoms with Crippen LogP contribution in [0.3, 0.4) is 0 Å². The van der Waals surface area contributed by atoms with Gasteiger partial charge in [0.05, 0.1) is 12.0 Å². The molecule has 0 unspecified atom stereocenters. The van der Waals surface area contributed by atoms with Gasteiger partial charge >= 0.3 is 0 Å². The van der Waals surface area contributed by atoms with Crippen LogP contribution in [-0.4, -0.2) is 28.3 Å². The number of hydrogen-bond acceptors (Lipinski definition) is 5. The Morgan fingerprint density at radius 2 is 1.82 bits per heavy atom. The molecule has 2 aromatic carbocycles. The van der Waals surface area contributed by atoms with Gasteiger partial charge in [-0.3, -0.25) is 15.0 Å². The highest BCUT2D eigenvalue weighted by Gasteiger charge is 2.33. The molecule has 0 saturated carbocycles. The van der Waals surface area contributed by atoms with Gasteiger partial charge in [0.2, 0.25) is 0 Å². The zero-order valence-electron chi connectivity index (χ0n) is 15.3. The SMILES string of the molecule is COc1ccc(C(=O)NN2C(=O)/C(=C/C(C)=C/c3ccccc3)SC2=S)cc1. The largest absolute Gasteiger partial charge is 0.497 e. The van der Waals surface area contributed by atoms with Crippen molar-refractivity contribution < 1.29 is 14.3 Å². The molecule has 0 bridgehead atoms. The average Bonchev–Trinajstić information content (AvgIpc) is 2.96. The first kappa shape index (κ1) is 19.9. The monoisotopic (exact) mass is 410 g/mol. The second-order valence-corrected chi connectivity index (χ2v) is 7.66. The van der Waals surface area contributed by atoms with Crippen molar-refractivity contribution in [3.8, 4) is 5.75 Å². The number of carbonyl (C=O) groups is 2. The molecular weight excluding hydrogens is 392 g/mol. The van der Waals surface area contributed by atoms with Crippen LogP contribution < -0.4 is 10.2 Å². The molecule has 2 amide bonds. The normalized spacial score (nSPS) is 15.9. The molecule has 0 aromatic heterocycles. The van der Waals surface area contributed by atoms with Crippen LogP contribution in [0.4, 0.5) is 0 Å². The van der Waals surface area contributed by atoms with Gasteiger partial charge in [-0.1, -0.05) is 48.2 Å². The van der Waals surface area contributed by atoms with Gasteiger partial charge in [-0.15, -0.1) is 0 Å². The van der Waals surface area contributed by atoms with E-state index in [9.17, 15) is 9.59 Å². The number of hydrazine groups is 1. The van der Waals surface area contributed by atoms with Crippen LogP contribution in [0.5, 0.6) is 5.75 Å². The number of nitrogens with one attached hydrogen (secondary N) is 1. The van der Waals surface area contributed by atoms with Crippen LogP contribution in [0.2, 0.25) is 0 Å². The van der Waals surface area contributed by atoms with E-state index in [0.29, 0.717) is 16.2 Å². The number of thioether (sulfide) groups is 1. The molecule has 2 aromatic rings. The number of benzene rings is 2. The van der Waals surface area contributed by atoms with Gasteiger partial charge in [0.25, 0.3) is 11.8 Å². The molecule has 1 fully saturated rings. The van der Waals surface area contributed by atoms with E-state index < -0.39 is 5.91 Å². The van der Waals surface area contributed by atoms with E-state index in [4.69, 9.17) is 17.0 Å². The molecule has 142 valence electrons. The van der Waals surface area contributed by atoms with Crippen molar-refractivity contribution in [1.29, 1.82) is 0 Å². The molecule has 5 nitrogen and oxygen atoms in total. The standard InChI is InChI=1S/C21H18N2O3S2/c1-14(12-15-6-4-3-5-7-15)13-18-20(25)23(21(27)28-18)22-19(24)16-8-10-17(26-2)11-9-16/h3-13H,1-2H3,(H,22,24)/b14-12+,18-13-. The number of methoxy groups -OCH3 is 1. The van der Waals surface area contributed by atoms with Crippen molar-refractivity contribution in [1.82, 2.24) is 10.4 Å². The smallest absolute Gasteiger partial charge is 0.285 e. The second kappa shape index (κ2) is 8.86. The minimum absolute atomic E-state index is 0.283. The van der Waals surface area contributed by atoms with E-state index in [0.717, 1.165) is 27.9 Å². The lowest BCUT2D eigenvalue weighted by atomic mass is 10.1. The Hall–Kier alpha value is -2.90. The number of allylic oxidation sites excluding steroid dienone is 2. The summed E-state index contributed by atoms with van der Waals surface area (Å²) >= 11 is 6.42. The van der Waals surface area contributed by atoms with Crippen molar-refractivity contribution in [3.05, 3.63) is 82.3 Å². The summed E-state index contributed by atoms with van der Waals surface area (Å²) in [6.07, 6.45) is 3.74. The van der Waals surface area contributed by atoms with Crippen LogP contribution in [0, 0.1) is 0 Å². The second-order valence-electron chi connectivity index (χ2n) is 5.99. The zero-order chi connectivity index (χ0) is 20.1. The highest BCUT2D eigenvalue weighted by molar-refractivity contribution is 8.26. The van der Waals surface area contributed by atoms with E-state index in [1.807, 2.05) is 43.3 Å². The molecule has 0 atom stereocenters. The van der Waals surface area contributed by atoms with Crippen molar-refractivity contribution in [2.75, 3.05) is 7.11 Å². The fourth-order valence-electron chi connectivity index (χ4n) is 2.53. The molecule has 0 aliphatic carbocycles. The summed E-state index contributed by atoms with van der Waals surface area (Å²) in [4.78, 5) is 25.5. The lowest BCUT2D eigenvalue weighted by Gasteiger charge is -2.15. The number of ether oxygens (including phenoxy) is 1. The molecule has 1 aliphatic heterocycles. The Balaban J connectivity index is 1.72. The fraction of sp³-hybridized carbons (Fsp3) is 0.0952. The number of nitrogens with zero attached hydrogens (tertiary/aromatic N) is 1. The van der Waals surface area contributed by atoms with Gasteiger partial charge in [0, 0.05) is 5.56 Å². The average molecular weight is 411 g/mol. The maximum absolute atomic E-state index is 12.7. The Morgan fingerprint density at radius 3 is 2.46 bits per heavy atom. The maximum Gasteiger partial charge on any atom is 0.285 e. The molecule has 1 saturated heterocycles.